The summed E-state index contributed by atoms with van der Waals surface area (Å²) in [4.78, 5) is 15.7. The van der Waals surface area contributed by atoms with E-state index in [4.69, 9.17) is 15.2 Å². The van der Waals surface area contributed by atoms with Crippen LogP contribution in [0.2, 0.25) is 0 Å². The first-order valence-electron chi connectivity index (χ1n) is 6.95. The molecule has 0 aliphatic carbocycles. The average Bonchev–Trinajstić information content (AvgIpc) is 2.54. The van der Waals surface area contributed by atoms with Gasteiger partial charge in [-0.05, 0) is 18.2 Å². The van der Waals surface area contributed by atoms with Crippen LogP contribution >= 0.6 is 0 Å². The minimum Gasteiger partial charge on any atom is -0.497 e. The molecule has 0 unspecified atom stereocenters. The Kier molecular flexibility index (Phi) is 5.73. The standard InChI is InChI=1S/C16H19N3O3/c1-21-13-5-2-6-14(10-13)22-16-12(4-3-9-18-16)11-19-15(20)7-8-17/h2-6,9-10H,7-8,11,17H2,1H3,(H,19,20). The summed E-state index contributed by atoms with van der Waals surface area (Å²) in [6.45, 7) is 0.665. The van der Waals surface area contributed by atoms with Crippen LogP contribution in [0.5, 0.6) is 17.4 Å². The van der Waals surface area contributed by atoms with Crippen LogP contribution in [0.25, 0.3) is 0 Å². The van der Waals surface area contributed by atoms with Gasteiger partial charge in [-0.1, -0.05) is 12.1 Å². The summed E-state index contributed by atoms with van der Waals surface area (Å²) in [6.07, 6.45) is 1.94. The second kappa shape index (κ2) is 7.99. The highest BCUT2D eigenvalue weighted by atomic mass is 16.5. The summed E-state index contributed by atoms with van der Waals surface area (Å²) in [7, 11) is 1.60. The van der Waals surface area contributed by atoms with Crippen LogP contribution in [0.3, 0.4) is 0 Å². The summed E-state index contributed by atoms with van der Waals surface area (Å²) >= 11 is 0. The average molecular weight is 301 g/mol. The number of hydrogen-bond acceptors (Lipinski definition) is 5. The fourth-order valence-electron chi connectivity index (χ4n) is 1.84. The van der Waals surface area contributed by atoms with Gasteiger partial charge in [0.2, 0.25) is 11.8 Å². The van der Waals surface area contributed by atoms with Gasteiger partial charge in [-0.3, -0.25) is 4.79 Å². The molecule has 0 aliphatic rings. The minimum absolute atomic E-state index is 0.0984. The van der Waals surface area contributed by atoms with Crippen LogP contribution in [0.15, 0.2) is 42.6 Å². The number of nitrogens with one attached hydrogen (secondary N) is 1. The molecule has 22 heavy (non-hydrogen) atoms. The number of nitrogens with zero attached hydrogens (tertiary/aromatic N) is 1. The normalized spacial score (nSPS) is 10.1. The predicted octanol–water partition coefficient (Wildman–Crippen LogP) is 1.85. The van der Waals surface area contributed by atoms with Crippen molar-refractivity contribution in [3.05, 3.63) is 48.2 Å². The predicted molar refractivity (Wildman–Crippen MR) is 82.8 cm³/mol. The van der Waals surface area contributed by atoms with Crippen molar-refractivity contribution < 1.29 is 14.3 Å². The molecule has 0 saturated carbocycles. The Morgan fingerprint density at radius 3 is 2.86 bits per heavy atom. The smallest absolute Gasteiger partial charge is 0.224 e. The van der Waals surface area contributed by atoms with Crippen LogP contribution < -0.4 is 20.5 Å². The Balaban J connectivity index is 2.09. The van der Waals surface area contributed by atoms with E-state index in [1.807, 2.05) is 24.3 Å². The van der Waals surface area contributed by atoms with Crippen molar-refractivity contribution >= 4 is 5.91 Å². The van der Waals surface area contributed by atoms with E-state index in [1.54, 1.807) is 25.4 Å². The van der Waals surface area contributed by atoms with Crippen LogP contribution in [0.1, 0.15) is 12.0 Å². The van der Waals surface area contributed by atoms with Crippen molar-refractivity contribution in [3.8, 4) is 17.4 Å². The zero-order chi connectivity index (χ0) is 15.8. The molecular formula is C16H19N3O3. The SMILES string of the molecule is COc1cccc(Oc2ncccc2CNC(=O)CCN)c1. The van der Waals surface area contributed by atoms with Crippen molar-refractivity contribution in [3.63, 3.8) is 0 Å². The lowest BCUT2D eigenvalue weighted by Crippen LogP contribution is -2.25. The van der Waals surface area contributed by atoms with Crippen molar-refractivity contribution in [2.75, 3.05) is 13.7 Å². The lowest BCUT2D eigenvalue weighted by molar-refractivity contribution is -0.121. The zero-order valence-electron chi connectivity index (χ0n) is 12.4. The molecule has 1 aromatic heterocycles. The molecule has 2 rings (SSSR count). The number of rotatable bonds is 7. The molecule has 6 heteroatoms. The van der Waals surface area contributed by atoms with Gasteiger partial charge in [0.25, 0.3) is 0 Å². The number of nitrogens with two attached hydrogens (primary N) is 1. The first-order chi connectivity index (χ1) is 10.7. The van der Waals surface area contributed by atoms with E-state index in [1.165, 1.54) is 0 Å². The first-order valence-corrected chi connectivity index (χ1v) is 6.95. The number of benzene rings is 1. The third kappa shape index (κ3) is 4.46. The second-order valence-electron chi connectivity index (χ2n) is 4.56. The van der Waals surface area contributed by atoms with Gasteiger partial charge in [-0.2, -0.15) is 0 Å². The van der Waals surface area contributed by atoms with Gasteiger partial charge in [0.1, 0.15) is 11.5 Å². The molecule has 6 nitrogen and oxygen atoms in total. The summed E-state index contributed by atoms with van der Waals surface area (Å²) in [5.74, 6) is 1.67. The van der Waals surface area contributed by atoms with Gasteiger partial charge in [-0.15, -0.1) is 0 Å². The molecular weight excluding hydrogens is 282 g/mol. The summed E-state index contributed by atoms with van der Waals surface area (Å²) < 4.78 is 10.9. The van der Waals surface area contributed by atoms with Gasteiger partial charge in [0, 0.05) is 37.3 Å². The molecule has 0 saturated heterocycles. The number of methoxy groups -OCH3 is 1. The van der Waals surface area contributed by atoms with Crippen LogP contribution in [0, 0.1) is 0 Å². The van der Waals surface area contributed by atoms with Crippen molar-refractivity contribution in [2.45, 2.75) is 13.0 Å². The lowest BCUT2D eigenvalue weighted by atomic mass is 10.2. The minimum atomic E-state index is -0.0984. The molecule has 0 fully saturated rings. The van der Waals surface area contributed by atoms with Gasteiger partial charge in [-0.25, -0.2) is 4.98 Å². The van der Waals surface area contributed by atoms with Gasteiger partial charge >= 0.3 is 0 Å². The molecule has 1 amide bonds. The zero-order valence-corrected chi connectivity index (χ0v) is 12.4. The molecule has 0 aliphatic heterocycles. The Morgan fingerprint density at radius 2 is 2.09 bits per heavy atom. The molecule has 2 aromatic rings. The van der Waals surface area contributed by atoms with E-state index >= 15 is 0 Å². The molecule has 0 spiro atoms. The van der Waals surface area contributed by atoms with Crippen molar-refractivity contribution in [2.24, 2.45) is 5.73 Å². The fourth-order valence-corrected chi connectivity index (χ4v) is 1.84. The highest BCUT2D eigenvalue weighted by Crippen LogP contribution is 2.25. The molecule has 116 valence electrons. The second-order valence-corrected chi connectivity index (χ2v) is 4.56. The van der Waals surface area contributed by atoms with Crippen molar-refractivity contribution in [1.29, 1.82) is 0 Å². The third-order valence-electron chi connectivity index (χ3n) is 2.95. The topological polar surface area (TPSA) is 86.5 Å². The largest absolute Gasteiger partial charge is 0.497 e. The van der Waals surface area contributed by atoms with E-state index in [-0.39, 0.29) is 5.91 Å². The number of carbonyl (C=O) groups excluding carboxylic acids is 1. The number of hydrogen-bond donors (Lipinski definition) is 2. The van der Waals surface area contributed by atoms with Crippen LogP contribution in [0.4, 0.5) is 0 Å². The van der Waals surface area contributed by atoms with Crippen LogP contribution in [-0.4, -0.2) is 24.5 Å². The Hall–Kier alpha value is -2.60. The van der Waals surface area contributed by atoms with E-state index < -0.39 is 0 Å². The van der Waals surface area contributed by atoms with Gasteiger partial charge in [0.05, 0.1) is 7.11 Å². The summed E-state index contributed by atoms with van der Waals surface area (Å²) in [5, 5.41) is 2.78. The number of pyridine rings is 1. The first kappa shape index (κ1) is 15.8. The maximum Gasteiger partial charge on any atom is 0.224 e. The molecule has 1 aromatic carbocycles. The summed E-state index contributed by atoms with van der Waals surface area (Å²) in [6, 6.07) is 10.9. The number of carbonyl (C=O) groups is 1. The molecule has 1 heterocycles. The molecule has 0 bridgehead atoms. The maximum absolute atomic E-state index is 11.5. The monoisotopic (exact) mass is 301 g/mol. The fraction of sp³-hybridized carbons (Fsp3) is 0.250. The van der Waals surface area contributed by atoms with Gasteiger partial charge < -0.3 is 20.5 Å². The Labute approximate surface area is 129 Å². The molecule has 0 radical (unpaired) electrons. The van der Waals surface area contributed by atoms with E-state index in [2.05, 4.69) is 10.3 Å². The lowest BCUT2D eigenvalue weighted by Gasteiger charge is -2.11. The third-order valence-corrected chi connectivity index (χ3v) is 2.95. The number of amides is 1. The van der Waals surface area contributed by atoms with E-state index in [0.717, 1.165) is 5.56 Å². The highest BCUT2D eigenvalue weighted by Gasteiger charge is 2.08. The highest BCUT2D eigenvalue weighted by molar-refractivity contribution is 5.76. The Bertz CT molecular complexity index is 632. The van der Waals surface area contributed by atoms with Crippen LogP contribution in [-0.2, 0) is 11.3 Å². The summed E-state index contributed by atoms with van der Waals surface area (Å²) in [5.41, 5.74) is 6.14. The van der Waals surface area contributed by atoms with Gasteiger partial charge in [0.15, 0.2) is 0 Å². The molecule has 0 atom stereocenters. The van der Waals surface area contributed by atoms with E-state index in [9.17, 15) is 4.79 Å². The quantitative estimate of drug-likeness (QED) is 0.815. The Morgan fingerprint density at radius 1 is 1.27 bits per heavy atom. The van der Waals surface area contributed by atoms with Crippen molar-refractivity contribution in [1.82, 2.24) is 10.3 Å². The maximum atomic E-state index is 11.5. The molecule has 3 N–H and O–H groups in total. The van der Waals surface area contributed by atoms with E-state index in [0.29, 0.717) is 36.9 Å². The number of aromatic nitrogens is 1. The number of ether oxygens (including phenoxy) is 2.